The highest BCUT2D eigenvalue weighted by molar-refractivity contribution is 5.95. The van der Waals surface area contributed by atoms with Crippen LogP contribution in [0.3, 0.4) is 0 Å². The fraction of sp³-hybridized carbons (Fsp3) is 0.424. The molecule has 4 rings (SSSR count). The third-order valence-corrected chi connectivity index (χ3v) is 7.40. The van der Waals surface area contributed by atoms with Crippen LogP contribution in [0.4, 0.5) is 38.5 Å². The highest BCUT2D eigenvalue weighted by atomic mass is 19.4. The zero-order valence-corrected chi connectivity index (χ0v) is 27.0. The van der Waals surface area contributed by atoms with Gasteiger partial charge in [-0.15, -0.1) is 0 Å². The number of halogens is 4. The Hall–Kier alpha value is -5.13. The van der Waals surface area contributed by atoms with Crippen molar-refractivity contribution in [3.05, 3.63) is 53.7 Å². The average Bonchev–Trinajstić information content (AvgIpc) is 3.35. The van der Waals surface area contributed by atoms with Crippen molar-refractivity contribution in [2.24, 2.45) is 0 Å². The van der Waals surface area contributed by atoms with Crippen molar-refractivity contribution in [1.82, 2.24) is 9.47 Å². The van der Waals surface area contributed by atoms with Crippen LogP contribution in [0.5, 0.6) is 5.75 Å². The van der Waals surface area contributed by atoms with Gasteiger partial charge in [-0.1, -0.05) is 12.0 Å². The predicted molar refractivity (Wildman–Crippen MR) is 169 cm³/mol. The molecule has 0 radical (unpaired) electrons. The number of aromatic nitrogens is 1. The van der Waals surface area contributed by atoms with Gasteiger partial charge in [0.2, 0.25) is 0 Å². The summed E-state index contributed by atoms with van der Waals surface area (Å²) in [6.07, 6.45) is -8.05. The van der Waals surface area contributed by atoms with Crippen molar-refractivity contribution in [3.8, 4) is 17.6 Å². The number of likely N-dealkylation sites (tertiary alicyclic amines) is 1. The van der Waals surface area contributed by atoms with Gasteiger partial charge in [-0.3, -0.25) is 4.90 Å². The van der Waals surface area contributed by atoms with Gasteiger partial charge in [0.25, 0.3) is 0 Å². The van der Waals surface area contributed by atoms with Crippen LogP contribution >= 0.6 is 0 Å². The molecule has 1 aliphatic rings. The summed E-state index contributed by atoms with van der Waals surface area (Å²) in [5.41, 5.74) is -0.0476. The Bertz CT molecular complexity index is 1740. The molecule has 11 nitrogen and oxygen atoms in total. The van der Waals surface area contributed by atoms with Gasteiger partial charge in [0.05, 0.1) is 55.8 Å². The first-order chi connectivity index (χ1) is 22.5. The molecule has 2 aromatic carbocycles. The van der Waals surface area contributed by atoms with Crippen molar-refractivity contribution in [3.63, 3.8) is 0 Å². The monoisotopic (exact) mass is 676 g/mol. The molecule has 0 bridgehead atoms. The Balaban J connectivity index is 1.72. The van der Waals surface area contributed by atoms with Crippen LogP contribution in [0, 0.1) is 11.8 Å². The first-order valence-electron chi connectivity index (χ1n) is 14.8. The number of rotatable bonds is 7. The van der Waals surface area contributed by atoms with Crippen LogP contribution < -0.4 is 15.0 Å². The summed E-state index contributed by atoms with van der Waals surface area (Å²) < 4.78 is 73.0. The second-order valence-electron chi connectivity index (χ2n) is 12.0. The normalized spacial score (nSPS) is 16.5. The van der Waals surface area contributed by atoms with Crippen LogP contribution in [-0.4, -0.2) is 90.6 Å². The minimum atomic E-state index is -4.61. The molecule has 1 fully saturated rings. The summed E-state index contributed by atoms with van der Waals surface area (Å²) in [5.74, 6) is 5.01. The first-order valence-corrected chi connectivity index (χ1v) is 14.8. The quantitative estimate of drug-likeness (QED) is 0.170. The number of ether oxygens (including phenoxy) is 3. The number of fused-ring (bicyclic) bond motifs is 1. The summed E-state index contributed by atoms with van der Waals surface area (Å²) in [7, 11) is 2.55. The Morgan fingerprint density at radius 1 is 1.10 bits per heavy atom. The standard InChI is InChI=1S/C33H36F4N4O7/c1-32(2,3)48-31(45)40(27-12-11-20(29(42)47-5)16-28(27)46-4)14-7-8-21-17-22-24(9-6-10-26(22)41(21)19-33(35,36)37)38-25-13-15-39(30(43)44)18-23(25)34/h6,9-12,16-17,23,25,38H,13-15,18-19H2,1-5H3,(H,43,44)/t23-,25+/m0/s1. The van der Waals surface area contributed by atoms with E-state index in [-0.39, 0.29) is 54.3 Å². The fourth-order valence-electron chi connectivity index (χ4n) is 5.22. The van der Waals surface area contributed by atoms with E-state index in [2.05, 4.69) is 17.2 Å². The van der Waals surface area contributed by atoms with E-state index in [9.17, 15) is 37.1 Å². The maximum atomic E-state index is 14.9. The zero-order chi connectivity index (χ0) is 35.4. The summed E-state index contributed by atoms with van der Waals surface area (Å²) in [6, 6.07) is 9.51. The fourth-order valence-corrected chi connectivity index (χ4v) is 5.22. The molecule has 0 saturated carbocycles. The topological polar surface area (TPSA) is 123 Å². The van der Waals surface area contributed by atoms with Crippen molar-refractivity contribution in [2.75, 3.05) is 44.1 Å². The summed E-state index contributed by atoms with van der Waals surface area (Å²) in [5, 5.41) is 12.6. The van der Waals surface area contributed by atoms with E-state index in [1.165, 1.54) is 50.6 Å². The van der Waals surface area contributed by atoms with Crippen molar-refractivity contribution < 1.29 is 51.3 Å². The van der Waals surface area contributed by atoms with Gasteiger partial charge >= 0.3 is 24.3 Å². The molecule has 2 amide bonds. The van der Waals surface area contributed by atoms with E-state index in [4.69, 9.17) is 14.2 Å². The van der Waals surface area contributed by atoms with Gasteiger partial charge in [0.1, 0.15) is 24.1 Å². The SMILES string of the molecule is COC(=O)c1ccc(N(CC#Cc2cc3c(N[C@@H]4CCN(C(=O)O)C[C@@H]4F)cccc3n2CC(F)(F)F)C(=O)OC(C)(C)C)c(OC)c1. The number of piperidine rings is 1. The number of anilines is 2. The molecular weight excluding hydrogens is 640 g/mol. The molecular formula is C33H36F4N4O7. The first kappa shape index (κ1) is 35.7. The molecule has 0 unspecified atom stereocenters. The number of alkyl halides is 4. The number of carbonyl (C=O) groups is 3. The number of hydrogen-bond donors (Lipinski definition) is 2. The van der Waals surface area contributed by atoms with E-state index in [0.29, 0.717) is 11.1 Å². The van der Waals surface area contributed by atoms with E-state index in [1.54, 1.807) is 26.8 Å². The Labute approximate surface area is 274 Å². The van der Waals surface area contributed by atoms with Gasteiger partial charge in [0, 0.05) is 17.6 Å². The molecule has 2 atom stereocenters. The number of benzene rings is 2. The molecule has 1 saturated heterocycles. The molecule has 48 heavy (non-hydrogen) atoms. The molecule has 1 aromatic heterocycles. The number of hydrogen-bond acceptors (Lipinski definition) is 7. The highest BCUT2D eigenvalue weighted by Crippen LogP contribution is 2.33. The number of carboxylic acid groups (broad SMARTS) is 1. The van der Waals surface area contributed by atoms with Crippen LogP contribution in [-0.2, 0) is 16.0 Å². The van der Waals surface area contributed by atoms with Crippen molar-refractivity contribution in [1.29, 1.82) is 0 Å². The van der Waals surface area contributed by atoms with Gasteiger partial charge in [-0.2, -0.15) is 13.2 Å². The largest absolute Gasteiger partial charge is 0.495 e. The number of nitrogens with one attached hydrogen (secondary N) is 1. The van der Waals surface area contributed by atoms with Gasteiger partial charge in [-0.05, 0) is 69.5 Å². The van der Waals surface area contributed by atoms with Crippen LogP contribution in [0.2, 0.25) is 0 Å². The number of amides is 2. The van der Waals surface area contributed by atoms with Crippen LogP contribution in [0.15, 0.2) is 42.5 Å². The van der Waals surface area contributed by atoms with Gasteiger partial charge in [-0.25, -0.2) is 18.8 Å². The zero-order valence-electron chi connectivity index (χ0n) is 27.0. The van der Waals surface area contributed by atoms with Gasteiger partial charge < -0.3 is 34.1 Å². The summed E-state index contributed by atoms with van der Waals surface area (Å²) in [6.45, 7) is 3.04. The number of esters is 1. The van der Waals surface area contributed by atoms with E-state index in [0.717, 1.165) is 14.4 Å². The minimum absolute atomic E-state index is 0.0220. The van der Waals surface area contributed by atoms with Crippen molar-refractivity contribution >= 4 is 40.4 Å². The second-order valence-corrected chi connectivity index (χ2v) is 12.0. The van der Waals surface area contributed by atoms with E-state index in [1.807, 2.05) is 0 Å². The maximum absolute atomic E-state index is 14.9. The average molecular weight is 677 g/mol. The molecule has 2 heterocycles. The predicted octanol–water partition coefficient (Wildman–Crippen LogP) is 6.29. The number of nitrogens with zero attached hydrogens (tertiary/aromatic N) is 3. The molecule has 258 valence electrons. The molecule has 3 aromatic rings. The van der Waals surface area contributed by atoms with Crippen LogP contribution in [0.25, 0.3) is 10.9 Å². The summed E-state index contributed by atoms with van der Waals surface area (Å²) >= 11 is 0. The summed E-state index contributed by atoms with van der Waals surface area (Å²) in [4.78, 5) is 38.8. The van der Waals surface area contributed by atoms with E-state index < -0.39 is 48.7 Å². The van der Waals surface area contributed by atoms with Gasteiger partial charge in [0.15, 0.2) is 0 Å². The third-order valence-electron chi connectivity index (χ3n) is 7.40. The Morgan fingerprint density at radius 3 is 2.44 bits per heavy atom. The molecule has 15 heteroatoms. The number of methoxy groups -OCH3 is 2. The molecule has 0 spiro atoms. The Morgan fingerprint density at radius 2 is 1.83 bits per heavy atom. The molecule has 1 aliphatic heterocycles. The lowest BCUT2D eigenvalue weighted by Crippen LogP contribution is -2.49. The second kappa shape index (κ2) is 14.3. The number of carbonyl (C=O) groups excluding carboxylic acids is 2. The van der Waals surface area contributed by atoms with Crippen LogP contribution in [0.1, 0.15) is 43.2 Å². The third kappa shape index (κ3) is 8.61. The minimum Gasteiger partial charge on any atom is -0.495 e. The molecule has 2 N–H and O–H groups in total. The van der Waals surface area contributed by atoms with Crippen molar-refractivity contribution in [2.45, 2.75) is 57.7 Å². The molecule has 0 aliphatic carbocycles. The lowest BCUT2D eigenvalue weighted by Gasteiger charge is -2.34. The highest BCUT2D eigenvalue weighted by Gasteiger charge is 2.33. The smallest absolute Gasteiger partial charge is 0.415 e. The Kier molecular flexibility index (Phi) is 10.7. The van der Waals surface area contributed by atoms with E-state index >= 15 is 0 Å². The maximum Gasteiger partial charge on any atom is 0.415 e. The lowest BCUT2D eigenvalue weighted by atomic mass is 10.0. The lowest BCUT2D eigenvalue weighted by molar-refractivity contribution is -0.140.